The Kier molecular flexibility index (Phi) is 4.64. The quantitative estimate of drug-likeness (QED) is 0.754. The summed E-state index contributed by atoms with van der Waals surface area (Å²) >= 11 is 0. The van der Waals surface area contributed by atoms with E-state index < -0.39 is 0 Å². The maximum Gasteiger partial charge on any atom is 0.274 e. The van der Waals surface area contributed by atoms with Crippen LogP contribution in [0.3, 0.4) is 0 Å². The molecule has 1 aliphatic heterocycles. The molecule has 134 valence electrons. The zero-order valence-corrected chi connectivity index (χ0v) is 14.7. The number of ether oxygens (including phenoxy) is 1. The van der Waals surface area contributed by atoms with Crippen LogP contribution in [0.1, 0.15) is 22.0 Å². The predicted octanol–water partition coefficient (Wildman–Crippen LogP) is 2.35. The van der Waals surface area contributed by atoms with Gasteiger partial charge in [-0.2, -0.15) is 0 Å². The minimum absolute atomic E-state index is 0.221. The fourth-order valence-electron chi connectivity index (χ4n) is 3.05. The lowest BCUT2D eigenvalue weighted by Gasteiger charge is -2.25. The minimum atomic E-state index is -0.221. The first-order chi connectivity index (χ1) is 12.7. The molecule has 0 spiro atoms. The second kappa shape index (κ2) is 7.23. The molecule has 26 heavy (non-hydrogen) atoms. The number of carbonyl (C=O) groups excluding carboxylic acids is 1. The summed E-state index contributed by atoms with van der Waals surface area (Å²) in [7, 11) is 0. The van der Waals surface area contributed by atoms with Gasteiger partial charge >= 0.3 is 0 Å². The van der Waals surface area contributed by atoms with Crippen molar-refractivity contribution >= 4 is 22.6 Å². The van der Waals surface area contributed by atoms with E-state index >= 15 is 0 Å². The van der Waals surface area contributed by atoms with E-state index in [-0.39, 0.29) is 5.91 Å². The number of nitrogens with zero attached hydrogens (tertiary/aromatic N) is 3. The number of fused-ring (bicyclic) bond motifs is 1. The molecule has 1 fully saturated rings. The van der Waals surface area contributed by atoms with Gasteiger partial charge in [0, 0.05) is 24.5 Å². The Bertz CT molecular complexity index is 931. The summed E-state index contributed by atoms with van der Waals surface area (Å²) in [5.41, 5.74) is 3.73. The van der Waals surface area contributed by atoms with Crippen molar-refractivity contribution in [1.29, 1.82) is 0 Å². The Morgan fingerprint density at radius 2 is 2.08 bits per heavy atom. The van der Waals surface area contributed by atoms with E-state index in [2.05, 4.69) is 25.2 Å². The molecule has 4 rings (SSSR count). The number of pyridine rings is 1. The SMILES string of the molecule is Cc1cccc(C(=O)Nc2ccc3nc(CN4CCOCC4)[nH]c3c2)n1. The highest BCUT2D eigenvalue weighted by Gasteiger charge is 2.14. The average Bonchev–Trinajstić information content (AvgIpc) is 3.04. The molecule has 0 unspecified atom stereocenters. The molecule has 0 bridgehead atoms. The molecule has 3 aromatic rings. The summed E-state index contributed by atoms with van der Waals surface area (Å²) in [6.45, 7) is 6.01. The van der Waals surface area contributed by atoms with E-state index in [0.29, 0.717) is 11.4 Å². The molecule has 0 aliphatic carbocycles. The van der Waals surface area contributed by atoms with Crippen LogP contribution in [-0.2, 0) is 11.3 Å². The zero-order valence-electron chi connectivity index (χ0n) is 14.7. The monoisotopic (exact) mass is 351 g/mol. The molecular weight excluding hydrogens is 330 g/mol. The number of hydrogen-bond acceptors (Lipinski definition) is 5. The largest absolute Gasteiger partial charge is 0.379 e. The van der Waals surface area contributed by atoms with Gasteiger partial charge in [0.05, 0.1) is 30.8 Å². The fraction of sp³-hybridized carbons (Fsp3) is 0.316. The third-order valence-electron chi connectivity index (χ3n) is 4.39. The summed E-state index contributed by atoms with van der Waals surface area (Å²) in [6.07, 6.45) is 0. The van der Waals surface area contributed by atoms with Gasteiger partial charge in [-0.05, 0) is 37.3 Å². The highest BCUT2D eigenvalue weighted by Crippen LogP contribution is 2.19. The number of imidazole rings is 1. The van der Waals surface area contributed by atoms with E-state index in [1.807, 2.05) is 37.3 Å². The van der Waals surface area contributed by atoms with Gasteiger partial charge in [-0.3, -0.25) is 9.69 Å². The summed E-state index contributed by atoms with van der Waals surface area (Å²) < 4.78 is 5.38. The molecule has 3 heterocycles. The number of aromatic amines is 1. The van der Waals surface area contributed by atoms with Gasteiger partial charge in [-0.1, -0.05) is 6.07 Å². The van der Waals surface area contributed by atoms with Crippen LogP contribution >= 0.6 is 0 Å². The van der Waals surface area contributed by atoms with Gasteiger partial charge in [-0.25, -0.2) is 9.97 Å². The van der Waals surface area contributed by atoms with Gasteiger partial charge in [0.15, 0.2) is 0 Å². The Hall–Kier alpha value is -2.77. The van der Waals surface area contributed by atoms with Gasteiger partial charge in [0.2, 0.25) is 0 Å². The lowest BCUT2D eigenvalue weighted by Crippen LogP contribution is -2.35. The molecule has 7 heteroatoms. The molecule has 1 aliphatic rings. The van der Waals surface area contributed by atoms with Crippen molar-refractivity contribution < 1.29 is 9.53 Å². The Balaban J connectivity index is 1.49. The molecular formula is C19H21N5O2. The number of aromatic nitrogens is 3. The second-order valence-electron chi connectivity index (χ2n) is 6.42. The van der Waals surface area contributed by atoms with Crippen molar-refractivity contribution in [3.05, 3.63) is 53.6 Å². The number of benzene rings is 1. The molecule has 2 N–H and O–H groups in total. The van der Waals surface area contributed by atoms with Crippen LogP contribution in [0.2, 0.25) is 0 Å². The van der Waals surface area contributed by atoms with Gasteiger partial charge in [-0.15, -0.1) is 0 Å². The fourth-order valence-corrected chi connectivity index (χ4v) is 3.05. The predicted molar refractivity (Wildman–Crippen MR) is 99.1 cm³/mol. The van der Waals surface area contributed by atoms with E-state index in [9.17, 15) is 4.79 Å². The van der Waals surface area contributed by atoms with Crippen LogP contribution in [-0.4, -0.2) is 52.1 Å². The molecule has 1 amide bonds. The molecule has 0 atom stereocenters. The zero-order chi connectivity index (χ0) is 17.9. The topological polar surface area (TPSA) is 83.1 Å². The minimum Gasteiger partial charge on any atom is -0.379 e. The standard InChI is InChI=1S/C19H21N5O2/c1-13-3-2-4-16(20-13)19(25)21-14-5-6-15-17(11-14)23-18(22-15)12-24-7-9-26-10-8-24/h2-6,11H,7-10,12H2,1H3,(H,21,25)(H,22,23). The first kappa shape index (κ1) is 16.7. The molecule has 1 saturated heterocycles. The lowest BCUT2D eigenvalue weighted by molar-refractivity contribution is 0.0332. The Labute approximate surface area is 151 Å². The summed E-state index contributed by atoms with van der Waals surface area (Å²) in [4.78, 5) is 26.9. The molecule has 7 nitrogen and oxygen atoms in total. The van der Waals surface area contributed by atoms with Crippen molar-refractivity contribution in [2.45, 2.75) is 13.5 Å². The number of aryl methyl sites for hydroxylation is 1. The number of rotatable bonds is 4. The summed E-state index contributed by atoms with van der Waals surface area (Å²) in [5.74, 6) is 0.701. The maximum absolute atomic E-state index is 12.4. The van der Waals surface area contributed by atoms with E-state index in [4.69, 9.17) is 4.74 Å². The van der Waals surface area contributed by atoms with Crippen LogP contribution < -0.4 is 5.32 Å². The highest BCUT2D eigenvalue weighted by atomic mass is 16.5. The first-order valence-electron chi connectivity index (χ1n) is 8.71. The molecule has 1 aromatic carbocycles. The van der Waals surface area contributed by atoms with Crippen molar-refractivity contribution in [3.63, 3.8) is 0 Å². The normalized spacial score (nSPS) is 15.3. The molecule has 0 saturated carbocycles. The number of hydrogen-bond donors (Lipinski definition) is 2. The maximum atomic E-state index is 12.4. The van der Waals surface area contributed by atoms with Crippen molar-refractivity contribution in [1.82, 2.24) is 19.9 Å². The number of morpholine rings is 1. The van der Waals surface area contributed by atoms with E-state index in [1.165, 1.54) is 0 Å². The Morgan fingerprint density at radius 1 is 1.23 bits per heavy atom. The van der Waals surface area contributed by atoms with Crippen molar-refractivity contribution in [3.8, 4) is 0 Å². The smallest absolute Gasteiger partial charge is 0.274 e. The number of amides is 1. The number of nitrogens with one attached hydrogen (secondary N) is 2. The van der Waals surface area contributed by atoms with Crippen LogP contribution in [0.25, 0.3) is 11.0 Å². The number of anilines is 1. The van der Waals surface area contributed by atoms with Crippen LogP contribution in [0, 0.1) is 6.92 Å². The number of H-pyrrole nitrogens is 1. The van der Waals surface area contributed by atoms with Gasteiger partial charge in [0.1, 0.15) is 11.5 Å². The highest BCUT2D eigenvalue weighted by molar-refractivity contribution is 6.03. The van der Waals surface area contributed by atoms with Crippen molar-refractivity contribution in [2.75, 3.05) is 31.6 Å². The lowest BCUT2D eigenvalue weighted by atomic mass is 10.2. The van der Waals surface area contributed by atoms with E-state index in [1.54, 1.807) is 6.07 Å². The summed E-state index contributed by atoms with van der Waals surface area (Å²) in [5, 5.41) is 2.89. The van der Waals surface area contributed by atoms with Crippen molar-refractivity contribution in [2.24, 2.45) is 0 Å². The first-order valence-corrected chi connectivity index (χ1v) is 8.71. The molecule has 2 aromatic heterocycles. The third-order valence-corrected chi connectivity index (χ3v) is 4.39. The Morgan fingerprint density at radius 3 is 2.88 bits per heavy atom. The van der Waals surface area contributed by atoms with E-state index in [0.717, 1.165) is 55.4 Å². The summed E-state index contributed by atoms with van der Waals surface area (Å²) in [6, 6.07) is 11.1. The average molecular weight is 351 g/mol. The molecule has 0 radical (unpaired) electrons. The van der Waals surface area contributed by atoms with Crippen LogP contribution in [0.4, 0.5) is 5.69 Å². The van der Waals surface area contributed by atoms with Gasteiger partial charge < -0.3 is 15.0 Å². The third kappa shape index (κ3) is 3.74. The van der Waals surface area contributed by atoms with Crippen LogP contribution in [0.5, 0.6) is 0 Å². The van der Waals surface area contributed by atoms with Crippen LogP contribution in [0.15, 0.2) is 36.4 Å². The number of carbonyl (C=O) groups is 1. The van der Waals surface area contributed by atoms with Gasteiger partial charge in [0.25, 0.3) is 5.91 Å². The second-order valence-corrected chi connectivity index (χ2v) is 6.42.